The molecule has 1 aliphatic carbocycles. The number of fused-ring (bicyclic) bond motifs is 2. The lowest BCUT2D eigenvalue weighted by Gasteiger charge is -2.40. The number of nitrogens with zero attached hydrogens (tertiary/aromatic N) is 2. The van der Waals surface area contributed by atoms with Crippen molar-refractivity contribution in [2.24, 2.45) is 0 Å². The van der Waals surface area contributed by atoms with Gasteiger partial charge in [0.2, 0.25) is 0 Å². The first-order chi connectivity index (χ1) is 18.0. The summed E-state index contributed by atoms with van der Waals surface area (Å²) in [6.07, 6.45) is -6.92. The summed E-state index contributed by atoms with van der Waals surface area (Å²) < 4.78 is 63.5. The van der Waals surface area contributed by atoms with Crippen LogP contribution in [0, 0.1) is 0 Å². The van der Waals surface area contributed by atoms with E-state index in [-0.39, 0.29) is 11.5 Å². The van der Waals surface area contributed by atoms with Gasteiger partial charge in [0.05, 0.1) is 12.1 Å². The molecule has 4 rings (SSSR count). The van der Waals surface area contributed by atoms with Gasteiger partial charge in [0.25, 0.3) is 0 Å². The van der Waals surface area contributed by atoms with Crippen LogP contribution in [-0.2, 0) is 21.5 Å². The number of carboxylic acids is 2. The fraction of sp³-hybridized carbons (Fsp3) is 0.458. The maximum Gasteiger partial charge on any atom is 0.490 e. The van der Waals surface area contributed by atoms with Crippen molar-refractivity contribution in [3.63, 3.8) is 0 Å². The molecule has 4 N–H and O–H groups in total. The maximum absolute atomic E-state index is 11.4. The van der Waals surface area contributed by atoms with Crippen molar-refractivity contribution < 1.29 is 51.3 Å². The van der Waals surface area contributed by atoms with Gasteiger partial charge in [-0.3, -0.25) is 4.90 Å². The normalized spacial score (nSPS) is 19.8. The molecule has 0 amide bonds. The lowest BCUT2D eigenvalue weighted by atomic mass is 9.72. The Morgan fingerprint density at radius 3 is 2.03 bits per heavy atom. The van der Waals surface area contributed by atoms with Crippen molar-refractivity contribution in [1.82, 2.24) is 15.2 Å². The molecule has 2 aromatic rings. The fourth-order valence-corrected chi connectivity index (χ4v) is 4.84. The number of rotatable bonds is 3. The van der Waals surface area contributed by atoms with Gasteiger partial charge < -0.3 is 20.6 Å². The number of benzene rings is 1. The Morgan fingerprint density at radius 1 is 1.03 bits per heavy atom. The Kier molecular flexibility index (Phi) is 10.7. The van der Waals surface area contributed by atoms with Crippen LogP contribution in [0.4, 0.5) is 26.3 Å². The van der Waals surface area contributed by atoms with Crippen molar-refractivity contribution >= 4 is 23.5 Å². The minimum Gasteiger partial charge on any atom is -0.475 e. The summed E-state index contributed by atoms with van der Waals surface area (Å²) >= 11 is 6.25. The lowest BCUT2D eigenvalue weighted by Crippen LogP contribution is -2.48. The zero-order valence-electron chi connectivity index (χ0n) is 20.4. The predicted molar refractivity (Wildman–Crippen MR) is 127 cm³/mol. The number of hydrogen-bond donors (Lipinski definition) is 4. The van der Waals surface area contributed by atoms with Gasteiger partial charge in [-0.2, -0.15) is 26.3 Å². The van der Waals surface area contributed by atoms with E-state index in [4.69, 9.17) is 31.4 Å². The summed E-state index contributed by atoms with van der Waals surface area (Å²) in [6.45, 7) is 2.57. The first-order valence-corrected chi connectivity index (χ1v) is 11.8. The quantitative estimate of drug-likeness (QED) is 0.313. The average molecular weight is 586 g/mol. The second-order valence-corrected chi connectivity index (χ2v) is 9.22. The molecule has 1 fully saturated rings. The minimum atomic E-state index is -5.08. The van der Waals surface area contributed by atoms with Crippen molar-refractivity contribution in [3.05, 3.63) is 64.4 Å². The number of aromatic nitrogens is 1. The Balaban J connectivity index is 0.000000317. The Morgan fingerprint density at radius 2 is 1.54 bits per heavy atom. The van der Waals surface area contributed by atoms with E-state index in [2.05, 4.69) is 46.5 Å². The van der Waals surface area contributed by atoms with Crippen LogP contribution in [0.15, 0.2) is 42.6 Å². The number of piperidine rings is 1. The number of pyridine rings is 1. The number of likely N-dealkylation sites (N-methyl/N-ethyl adjacent to an activating group) is 1. The highest BCUT2D eigenvalue weighted by molar-refractivity contribution is 6.30. The van der Waals surface area contributed by atoms with Crippen LogP contribution in [-0.4, -0.2) is 75.7 Å². The van der Waals surface area contributed by atoms with E-state index in [0.29, 0.717) is 11.7 Å². The van der Waals surface area contributed by atoms with Crippen LogP contribution >= 0.6 is 11.6 Å². The molecule has 8 nitrogen and oxygen atoms in total. The predicted octanol–water partition coefficient (Wildman–Crippen LogP) is 4.17. The molecule has 2 aliphatic rings. The van der Waals surface area contributed by atoms with Crippen LogP contribution in [0.25, 0.3) is 0 Å². The summed E-state index contributed by atoms with van der Waals surface area (Å²) in [7, 11) is 2.06. The van der Waals surface area contributed by atoms with Gasteiger partial charge in [0, 0.05) is 23.7 Å². The molecule has 1 spiro atoms. The van der Waals surface area contributed by atoms with Crippen LogP contribution in [0.2, 0.25) is 5.15 Å². The number of hydrogen-bond acceptors (Lipinski definition) is 6. The van der Waals surface area contributed by atoms with E-state index in [0.717, 1.165) is 31.5 Å². The first-order valence-electron chi connectivity index (χ1n) is 11.4. The Bertz CT molecular complexity index is 1120. The van der Waals surface area contributed by atoms with Gasteiger partial charge in [0.15, 0.2) is 0 Å². The molecule has 2 heterocycles. The average Bonchev–Trinajstić information content (AvgIpc) is 3.08. The second kappa shape index (κ2) is 12.9. The molecule has 39 heavy (non-hydrogen) atoms. The third-order valence-electron chi connectivity index (χ3n) is 6.39. The van der Waals surface area contributed by atoms with E-state index in [1.165, 1.54) is 11.1 Å². The lowest BCUT2D eigenvalue weighted by molar-refractivity contribution is -0.193. The molecule has 2 atom stereocenters. The SMILES string of the molecule is CN(Cc1cccnc1Cl)[C@@H]1c2ccccc2C2(CCNCC2)[C@H]1O.O=C(O)C(F)(F)F.O=C(O)C(F)(F)F. The number of aliphatic hydroxyl groups excluding tert-OH is 1. The van der Waals surface area contributed by atoms with Gasteiger partial charge in [-0.05, 0) is 50.2 Å². The molecule has 0 unspecified atom stereocenters. The third kappa shape index (κ3) is 8.03. The molecular formula is C24H26ClF6N3O5. The highest BCUT2D eigenvalue weighted by Gasteiger charge is 2.52. The molecule has 0 radical (unpaired) electrons. The number of alkyl halides is 6. The monoisotopic (exact) mass is 585 g/mol. The van der Waals surface area contributed by atoms with Crippen molar-refractivity contribution in [2.75, 3.05) is 20.1 Å². The molecular weight excluding hydrogens is 560 g/mol. The number of carbonyl (C=O) groups is 2. The number of halogens is 7. The van der Waals surface area contributed by atoms with Crippen LogP contribution < -0.4 is 5.32 Å². The summed E-state index contributed by atoms with van der Waals surface area (Å²) in [5.41, 5.74) is 3.42. The van der Waals surface area contributed by atoms with E-state index in [1.54, 1.807) is 6.20 Å². The molecule has 0 bridgehead atoms. The van der Waals surface area contributed by atoms with Gasteiger partial charge >= 0.3 is 24.3 Å². The molecule has 1 aromatic heterocycles. The maximum atomic E-state index is 11.4. The first kappa shape index (κ1) is 32.3. The summed E-state index contributed by atoms with van der Waals surface area (Å²) in [5.74, 6) is -5.51. The molecule has 1 saturated heterocycles. The molecule has 216 valence electrons. The van der Waals surface area contributed by atoms with Crippen LogP contribution in [0.3, 0.4) is 0 Å². The van der Waals surface area contributed by atoms with Crippen molar-refractivity contribution in [3.8, 4) is 0 Å². The highest BCUT2D eigenvalue weighted by Crippen LogP contribution is 2.52. The standard InChI is InChI=1S/C20H24ClN3O.2C2HF3O2/c1-24(13-14-5-4-10-23-19(14)21)17-15-6-2-3-7-16(15)20(18(17)25)8-11-22-12-9-20;2*3-2(4,5)1(6)7/h2-7,10,17-18,22,25H,8-9,11-13H2,1H3;2*(H,6,7)/t17-,18+;;/m1../s1. The second-order valence-electron chi connectivity index (χ2n) is 8.86. The largest absolute Gasteiger partial charge is 0.490 e. The zero-order valence-corrected chi connectivity index (χ0v) is 21.2. The van der Waals surface area contributed by atoms with Crippen molar-refractivity contribution in [1.29, 1.82) is 0 Å². The van der Waals surface area contributed by atoms with E-state index in [9.17, 15) is 31.4 Å². The van der Waals surface area contributed by atoms with E-state index >= 15 is 0 Å². The molecule has 15 heteroatoms. The zero-order chi connectivity index (χ0) is 29.6. The Labute approximate surface area is 224 Å². The van der Waals surface area contributed by atoms with Gasteiger partial charge in [-0.25, -0.2) is 14.6 Å². The molecule has 0 saturated carbocycles. The summed E-state index contributed by atoms with van der Waals surface area (Å²) in [5, 5.41) is 29.6. The van der Waals surface area contributed by atoms with Crippen molar-refractivity contribution in [2.45, 2.75) is 49.3 Å². The van der Waals surface area contributed by atoms with Gasteiger partial charge in [-0.1, -0.05) is 41.9 Å². The number of carboxylic acid groups (broad SMARTS) is 2. The molecule has 1 aromatic carbocycles. The van der Waals surface area contributed by atoms with Crippen LogP contribution in [0.1, 0.15) is 35.6 Å². The number of aliphatic carboxylic acids is 2. The topological polar surface area (TPSA) is 123 Å². The van der Waals surface area contributed by atoms with Crippen LogP contribution in [0.5, 0.6) is 0 Å². The number of aliphatic hydroxyl groups is 1. The number of nitrogens with one attached hydrogen (secondary N) is 1. The molecule has 1 aliphatic heterocycles. The highest BCUT2D eigenvalue weighted by atomic mass is 35.5. The van der Waals surface area contributed by atoms with Gasteiger partial charge in [0.1, 0.15) is 5.15 Å². The third-order valence-corrected chi connectivity index (χ3v) is 6.73. The summed E-state index contributed by atoms with van der Waals surface area (Å²) in [6, 6.07) is 12.4. The van der Waals surface area contributed by atoms with E-state index in [1.807, 2.05) is 12.1 Å². The smallest absolute Gasteiger partial charge is 0.475 e. The Hall–Kier alpha value is -2.94. The fourth-order valence-electron chi connectivity index (χ4n) is 4.66. The van der Waals surface area contributed by atoms with E-state index < -0.39 is 30.4 Å². The minimum absolute atomic E-state index is 0.0226. The summed E-state index contributed by atoms with van der Waals surface area (Å²) in [4.78, 5) is 24.2. The van der Waals surface area contributed by atoms with Gasteiger partial charge in [-0.15, -0.1) is 0 Å².